The van der Waals surface area contributed by atoms with Gasteiger partial charge in [0.05, 0.1) is 36.8 Å². The van der Waals surface area contributed by atoms with Crippen molar-refractivity contribution in [3.8, 4) is 0 Å². The molecule has 12 unspecified atom stereocenters. The number of fused-ring (bicyclic) bond motifs is 1. The van der Waals surface area contributed by atoms with Gasteiger partial charge in [-0.3, -0.25) is 0 Å². The van der Waals surface area contributed by atoms with Crippen molar-refractivity contribution in [3.05, 3.63) is 0 Å². The molecular weight excluding hydrogens is 432 g/mol. The third-order valence-corrected chi connectivity index (χ3v) is 8.89. The molecule has 0 spiro atoms. The zero-order valence-corrected chi connectivity index (χ0v) is 19.9. The summed E-state index contributed by atoms with van der Waals surface area (Å²) in [6.07, 6.45) is -0.796. The van der Waals surface area contributed by atoms with Crippen LogP contribution in [0, 0.1) is 23.7 Å². The van der Waals surface area contributed by atoms with Crippen LogP contribution in [0.1, 0.15) is 52.4 Å². The van der Waals surface area contributed by atoms with E-state index in [0.29, 0.717) is 12.0 Å². The van der Waals surface area contributed by atoms with Gasteiger partial charge < -0.3 is 44.5 Å². The number of hydrogen-bond donors (Lipinski definition) is 5. The van der Waals surface area contributed by atoms with E-state index in [2.05, 4.69) is 6.92 Å². The van der Waals surface area contributed by atoms with Gasteiger partial charge in [0.1, 0.15) is 24.4 Å². The predicted octanol–water partition coefficient (Wildman–Crippen LogP) is -0.301. The molecule has 192 valence electrons. The van der Waals surface area contributed by atoms with Crippen molar-refractivity contribution < 1.29 is 44.5 Å². The zero-order chi connectivity index (χ0) is 23.9. The van der Waals surface area contributed by atoms with Crippen molar-refractivity contribution in [2.45, 2.75) is 114 Å². The maximum Gasteiger partial charge on any atom is 0.186 e. The summed E-state index contributed by atoms with van der Waals surface area (Å²) in [4.78, 5) is 0. The quantitative estimate of drug-likeness (QED) is 0.341. The van der Waals surface area contributed by atoms with Crippen LogP contribution >= 0.6 is 0 Å². The number of methoxy groups -OCH3 is 1. The highest BCUT2D eigenvalue weighted by molar-refractivity contribution is 5.00. The van der Waals surface area contributed by atoms with E-state index in [-0.39, 0.29) is 30.0 Å². The molecule has 2 saturated heterocycles. The van der Waals surface area contributed by atoms with Crippen molar-refractivity contribution in [2.24, 2.45) is 23.7 Å². The van der Waals surface area contributed by atoms with Gasteiger partial charge in [-0.15, -0.1) is 0 Å². The highest BCUT2D eigenvalue weighted by atomic mass is 16.7. The van der Waals surface area contributed by atoms with Gasteiger partial charge in [-0.05, 0) is 32.1 Å². The van der Waals surface area contributed by atoms with Crippen molar-refractivity contribution in [2.75, 3.05) is 13.7 Å². The monoisotopic (exact) mass is 475 g/mol. The maximum absolute atomic E-state index is 11.0. The fourth-order valence-corrected chi connectivity index (χ4v) is 6.72. The first-order valence-corrected chi connectivity index (χ1v) is 12.6. The molecule has 6 N–H and O–H groups in total. The molecule has 4 rings (SSSR count). The Morgan fingerprint density at radius 2 is 1.55 bits per heavy atom. The molecule has 0 bridgehead atoms. The Bertz CT molecular complexity index is 625. The van der Waals surface area contributed by atoms with E-state index in [9.17, 15) is 25.5 Å². The second-order valence-corrected chi connectivity index (χ2v) is 10.7. The topological polar surface area (TPSA) is 142 Å². The average molecular weight is 476 g/mol. The Morgan fingerprint density at radius 1 is 0.848 bits per heavy atom. The summed E-state index contributed by atoms with van der Waals surface area (Å²) < 4.78 is 22.6. The standard InChI is InChI=1S/C24H42O9/c1-11-18(26)12(2)23(33-24-21(29)20(28)19(27)17(10-25)32-24)15-8-9-16(31-22(11)15)13-4-6-14(30-3)7-5-13/h11-29H,4-10H2,1-3H3/p+1. The fourth-order valence-electron chi connectivity index (χ4n) is 6.72. The molecule has 2 saturated carbocycles. The van der Waals surface area contributed by atoms with E-state index in [1.807, 2.05) is 6.92 Å². The highest BCUT2D eigenvalue weighted by Crippen LogP contribution is 2.45. The van der Waals surface area contributed by atoms with Crippen LogP contribution in [0.2, 0.25) is 0 Å². The van der Waals surface area contributed by atoms with Gasteiger partial charge in [-0.2, -0.15) is 0 Å². The van der Waals surface area contributed by atoms with Gasteiger partial charge in [-0.1, -0.05) is 13.8 Å². The lowest BCUT2D eigenvalue weighted by molar-refractivity contribution is -0.347. The minimum absolute atomic E-state index is 0.00207. The third-order valence-electron chi connectivity index (χ3n) is 8.89. The summed E-state index contributed by atoms with van der Waals surface area (Å²) in [5.41, 5.74) is 0. The van der Waals surface area contributed by atoms with Gasteiger partial charge in [0, 0.05) is 25.4 Å². The fraction of sp³-hybridized carbons (Fsp3) is 1.00. The van der Waals surface area contributed by atoms with Crippen LogP contribution in [0.3, 0.4) is 0 Å². The number of hydrogen-bond acceptors (Lipinski definition) is 8. The first kappa shape index (κ1) is 25.7. The molecular formula is C24H43O9+. The van der Waals surface area contributed by atoms with Crippen LogP contribution in [-0.4, -0.2) is 105 Å². The Labute approximate surface area is 196 Å². The van der Waals surface area contributed by atoms with E-state index in [1.54, 1.807) is 7.11 Å². The zero-order valence-electron chi connectivity index (χ0n) is 19.9. The molecule has 4 fully saturated rings. The van der Waals surface area contributed by atoms with Crippen LogP contribution in [0.5, 0.6) is 0 Å². The molecule has 4 aliphatic rings. The molecule has 33 heavy (non-hydrogen) atoms. The third kappa shape index (κ3) is 4.99. The molecule has 2 aliphatic heterocycles. The Morgan fingerprint density at radius 3 is 2.18 bits per heavy atom. The molecule has 0 aromatic carbocycles. The van der Waals surface area contributed by atoms with Crippen LogP contribution in [0.25, 0.3) is 0 Å². The smallest absolute Gasteiger partial charge is 0.186 e. The van der Waals surface area contributed by atoms with Crippen molar-refractivity contribution >= 4 is 0 Å². The Kier molecular flexibility index (Phi) is 8.36. The van der Waals surface area contributed by atoms with Gasteiger partial charge in [0.25, 0.3) is 0 Å². The van der Waals surface area contributed by atoms with Crippen LogP contribution in [0.15, 0.2) is 0 Å². The summed E-state index contributed by atoms with van der Waals surface area (Å²) in [5, 5.41) is 51.2. The maximum atomic E-state index is 11.0. The second kappa shape index (κ2) is 10.7. The lowest BCUT2D eigenvalue weighted by atomic mass is 9.66. The van der Waals surface area contributed by atoms with Gasteiger partial charge >= 0.3 is 0 Å². The minimum atomic E-state index is -1.48. The number of aliphatic hydroxyl groups excluding tert-OH is 5. The lowest BCUT2D eigenvalue weighted by Crippen LogP contribution is -2.64. The van der Waals surface area contributed by atoms with Crippen molar-refractivity contribution in [1.82, 2.24) is 0 Å². The number of aliphatic hydroxyl groups is 7. The normalized spacial score (nSPS) is 53.5. The second-order valence-electron chi connectivity index (χ2n) is 10.7. The van der Waals surface area contributed by atoms with Gasteiger partial charge in [0.2, 0.25) is 0 Å². The first-order chi connectivity index (χ1) is 15.8. The largest absolute Gasteiger partial charge is 0.428 e. The summed E-state index contributed by atoms with van der Waals surface area (Å²) in [6.45, 7) is 3.49. The van der Waals surface area contributed by atoms with E-state index in [1.165, 1.54) is 0 Å². The molecule has 2 aliphatic carbocycles. The van der Waals surface area contributed by atoms with Crippen molar-refractivity contribution in [3.63, 3.8) is 0 Å². The van der Waals surface area contributed by atoms with Crippen molar-refractivity contribution in [1.29, 1.82) is 0 Å². The molecule has 0 aromatic heterocycles. The van der Waals surface area contributed by atoms with Gasteiger partial charge in [0.15, 0.2) is 18.5 Å². The van der Waals surface area contributed by atoms with Gasteiger partial charge in [-0.25, -0.2) is 0 Å². The highest BCUT2D eigenvalue weighted by Gasteiger charge is 2.56. The summed E-state index contributed by atoms with van der Waals surface area (Å²) >= 11 is 0. The Hall–Kier alpha value is -0.360. The van der Waals surface area contributed by atoms with E-state index >= 15 is 0 Å². The summed E-state index contributed by atoms with van der Waals surface area (Å²) in [5.74, 6) is 0.401. The number of rotatable bonds is 5. The van der Waals surface area contributed by atoms with E-state index < -0.39 is 49.5 Å². The summed E-state index contributed by atoms with van der Waals surface area (Å²) in [6, 6.07) is 0. The summed E-state index contributed by atoms with van der Waals surface area (Å²) in [7, 11) is 1.78. The Balaban J connectivity index is 1.45. The lowest BCUT2D eigenvalue weighted by Gasteiger charge is -2.51. The first-order valence-electron chi connectivity index (χ1n) is 12.6. The van der Waals surface area contributed by atoms with E-state index in [4.69, 9.17) is 18.9 Å². The van der Waals surface area contributed by atoms with Crippen LogP contribution in [-0.2, 0) is 14.2 Å². The molecule has 0 aromatic rings. The van der Waals surface area contributed by atoms with Crippen LogP contribution in [0.4, 0.5) is 0 Å². The molecule has 0 amide bonds. The molecule has 9 nitrogen and oxygen atoms in total. The predicted molar refractivity (Wildman–Crippen MR) is 118 cm³/mol. The molecule has 9 heteroatoms. The average Bonchev–Trinajstić information content (AvgIpc) is 2.85. The SMILES string of the molecule is COC1CCC(C2CCC3C(OC4OC(CO)C(O)C(O)C4O)C(C)C(O)C(C)C3[OH+]2)CC1. The molecule has 2 heterocycles. The molecule has 0 radical (unpaired) electrons. The molecule has 12 atom stereocenters. The van der Waals surface area contributed by atoms with Crippen LogP contribution < -0.4 is 0 Å². The minimum Gasteiger partial charge on any atom is -0.428 e. The van der Waals surface area contributed by atoms with E-state index in [0.717, 1.165) is 38.5 Å². The number of ether oxygens (including phenoxy) is 4.